The lowest BCUT2D eigenvalue weighted by molar-refractivity contribution is -0.143. The second-order valence-corrected chi connectivity index (χ2v) is 14.3. The maximum Gasteiger partial charge on any atom is 0.417 e. The number of hydrogen-bond donors (Lipinski definition) is 0. The second kappa shape index (κ2) is 10.5. The Balaban J connectivity index is 1.31. The number of imide groups is 1. The quantitative estimate of drug-likeness (QED) is 0.334. The molecule has 5 heterocycles. The highest BCUT2D eigenvalue weighted by molar-refractivity contribution is 7.19. The first-order valence-electron chi connectivity index (χ1n) is 14.4. The monoisotopic (exact) mass is 630 g/mol. The number of amides is 3. The molecule has 6 rings (SSSR count). The zero-order valence-corrected chi connectivity index (χ0v) is 25.8. The van der Waals surface area contributed by atoms with Crippen LogP contribution in [0.1, 0.15) is 50.8 Å². The molecule has 3 fully saturated rings. The van der Waals surface area contributed by atoms with E-state index in [0.717, 1.165) is 12.3 Å². The molecular weight excluding hydrogens is 597 g/mol. The number of alkyl halides is 3. The van der Waals surface area contributed by atoms with Gasteiger partial charge in [-0.1, -0.05) is 13.8 Å². The number of hydrogen-bond acceptors (Lipinski definition) is 8. The lowest BCUT2D eigenvalue weighted by atomic mass is 9.98. The Kier molecular flexibility index (Phi) is 7.27. The minimum atomic E-state index is -4.62. The largest absolute Gasteiger partial charge is 0.444 e. The second-order valence-electron chi connectivity index (χ2n) is 13.2. The highest BCUT2D eigenvalue weighted by Crippen LogP contribution is 2.63. The van der Waals surface area contributed by atoms with E-state index in [9.17, 15) is 27.6 Å². The van der Waals surface area contributed by atoms with Crippen LogP contribution >= 0.6 is 11.3 Å². The number of morpholine rings is 1. The van der Waals surface area contributed by atoms with Crippen LogP contribution in [-0.4, -0.2) is 69.1 Å². The predicted molar refractivity (Wildman–Crippen MR) is 155 cm³/mol. The van der Waals surface area contributed by atoms with Gasteiger partial charge in [0.1, 0.15) is 5.60 Å². The smallest absolute Gasteiger partial charge is 0.417 e. The number of thiophene rings is 1. The standard InChI is InChI=1S/C31H33F3N4O5S/c1-29(2,3)43-28(41)37-8-9-42-17(14-37)11-21-20(10-16(13-36-21)31(32,33)34)19-6-7-35-22-12-18(44-25(19)22)15-38-26(39)23-24(27(38)40)30(23,4)5/h6-7,10,12-13,17,23-24H,8-9,11,14-15H2,1-5H3/t17-,23?,24?/m1/s1. The summed E-state index contributed by atoms with van der Waals surface area (Å²) < 4.78 is 53.6. The first-order valence-corrected chi connectivity index (χ1v) is 15.2. The van der Waals surface area contributed by atoms with Gasteiger partial charge < -0.3 is 14.4 Å². The summed E-state index contributed by atoms with van der Waals surface area (Å²) in [5, 5.41) is 0. The first-order chi connectivity index (χ1) is 20.5. The van der Waals surface area contributed by atoms with Gasteiger partial charge in [0.2, 0.25) is 11.8 Å². The molecule has 3 aromatic heterocycles. The van der Waals surface area contributed by atoms with Crippen molar-refractivity contribution in [3.63, 3.8) is 0 Å². The third kappa shape index (κ3) is 5.55. The Morgan fingerprint density at radius 3 is 2.48 bits per heavy atom. The van der Waals surface area contributed by atoms with Crippen LogP contribution in [0.3, 0.4) is 0 Å². The number of fused-ring (bicyclic) bond motifs is 2. The number of likely N-dealkylation sites (tertiary alicyclic amines) is 1. The number of ether oxygens (including phenoxy) is 2. The molecule has 1 saturated carbocycles. The number of rotatable bonds is 5. The fourth-order valence-corrected chi connectivity index (χ4v) is 7.32. The molecule has 234 valence electrons. The van der Waals surface area contributed by atoms with Crippen LogP contribution in [0.2, 0.25) is 0 Å². The maximum atomic E-state index is 13.9. The SMILES string of the molecule is CC(C)(C)OC(=O)N1CCO[C@H](Cc2ncc(C(F)(F)F)cc2-c2ccnc3cc(CN4C(=O)C5C(C4=O)C5(C)C)sc23)C1. The molecule has 1 aliphatic carbocycles. The lowest BCUT2D eigenvalue weighted by Crippen LogP contribution is -2.48. The van der Waals surface area contributed by atoms with Crippen LogP contribution in [-0.2, 0) is 38.2 Å². The molecule has 3 aromatic rings. The summed E-state index contributed by atoms with van der Waals surface area (Å²) in [5.74, 6) is -0.976. The molecule has 9 nitrogen and oxygen atoms in total. The fourth-order valence-electron chi connectivity index (χ4n) is 6.19. The summed E-state index contributed by atoms with van der Waals surface area (Å²) in [6.45, 7) is 10.0. The van der Waals surface area contributed by atoms with Crippen LogP contribution < -0.4 is 0 Å². The van der Waals surface area contributed by atoms with E-state index >= 15 is 0 Å². The van der Waals surface area contributed by atoms with Crippen LogP contribution in [0.15, 0.2) is 30.6 Å². The molecule has 0 bridgehead atoms. The number of nitrogens with zero attached hydrogens (tertiary/aromatic N) is 4. The molecule has 2 saturated heterocycles. The summed E-state index contributed by atoms with van der Waals surface area (Å²) in [7, 11) is 0. The zero-order valence-electron chi connectivity index (χ0n) is 25.0. The van der Waals surface area contributed by atoms with Gasteiger partial charge >= 0.3 is 12.3 Å². The molecule has 13 heteroatoms. The van der Waals surface area contributed by atoms with E-state index in [2.05, 4.69) is 9.97 Å². The average Bonchev–Trinajstić information content (AvgIpc) is 3.17. The van der Waals surface area contributed by atoms with Gasteiger partial charge in [-0.15, -0.1) is 11.3 Å². The van der Waals surface area contributed by atoms with Crippen LogP contribution in [0, 0.1) is 17.3 Å². The Hall–Kier alpha value is -3.58. The van der Waals surface area contributed by atoms with Gasteiger partial charge in [-0.2, -0.15) is 13.2 Å². The summed E-state index contributed by atoms with van der Waals surface area (Å²) in [6, 6.07) is 4.48. The number of pyridine rings is 2. The van der Waals surface area contributed by atoms with Crippen molar-refractivity contribution in [2.75, 3.05) is 19.7 Å². The highest BCUT2D eigenvalue weighted by Gasteiger charge is 2.72. The topological polar surface area (TPSA) is 102 Å². The zero-order chi connectivity index (χ0) is 31.8. The van der Waals surface area contributed by atoms with Crippen molar-refractivity contribution in [1.82, 2.24) is 19.8 Å². The molecule has 3 aliphatic rings. The molecule has 44 heavy (non-hydrogen) atoms. The fraction of sp³-hybridized carbons (Fsp3) is 0.516. The van der Waals surface area contributed by atoms with Gasteiger partial charge in [0.15, 0.2) is 0 Å². The van der Waals surface area contributed by atoms with Crippen molar-refractivity contribution in [2.45, 2.75) is 65.5 Å². The molecular formula is C31H33F3N4O5S. The number of halogens is 3. The van der Waals surface area contributed by atoms with E-state index < -0.39 is 29.5 Å². The van der Waals surface area contributed by atoms with Crippen molar-refractivity contribution >= 4 is 39.5 Å². The number of aromatic nitrogens is 2. The average molecular weight is 631 g/mol. The van der Waals surface area contributed by atoms with Gasteiger partial charge in [-0.3, -0.25) is 24.5 Å². The number of piperidine rings is 1. The van der Waals surface area contributed by atoms with E-state index in [1.54, 1.807) is 32.9 Å². The summed E-state index contributed by atoms with van der Waals surface area (Å²) in [5.41, 5.74) is -0.195. The van der Waals surface area contributed by atoms with Gasteiger partial charge in [0.25, 0.3) is 0 Å². The minimum Gasteiger partial charge on any atom is -0.444 e. The molecule has 3 atom stereocenters. The summed E-state index contributed by atoms with van der Waals surface area (Å²) in [4.78, 5) is 50.7. The summed E-state index contributed by atoms with van der Waals surface area (Å²) >= 11 is 1.28. The van der Waals surface area contributed by atoms with E-state index in [0.29, 0.717) is 32.9 Å². The normalized spacial score (nSPS) is 23.3. The molecule has 0 aromatic carbocycles. The van der Waals surface area contributed by atoms with Gasteiger partial charge in [-0.25, -0.2) is 4.79 Å². The number of carbonyl (C=O) groups excluding carboxylic acids is 3. The van der Waals surface area contributed by atoms with Crippen molar-refractivity contribution in [2.24, 2.45) is 17.3 Å². The van der Waals surface area contributed by atoms with Gasteiger partial charge in [0, 0.05) is 41.4 Å². The molecule has 0 radical (unpaired) electrons. The van der Waals surface area contributed by atoms with Crippen LogP contribution in [0.4, 0.5) is 18.0 Å². The Morgan fingerprint density at radius 2 is 1.82 bits per heavy atom. The maximum absolute atomic E-state index is 13.9. The van der Waals surface area contributed by atoms with E-state index in [1.165, 1.54) is 27.3 Å². The van der Waals surface area contributed by atoms with Crippen molar-refractivity contribution in [1.29, 1.82) is 0 Å². The van der Waals surface area contributed by atoms with Crippen molar-refractivity contribution < 1.29 is 37.0 Å². The summed E-state index contributed by atoms with van der Waals surface area (Å²) in [6.07, 6.45) is -3.13. The Morgan fingerprint density at radius 1 is 1.11 bits per heavy atom. The lowest BCUT2D eigenvalue weighted by Gasteiger charge is -2.34. The molecule has 0 N–H and O–H groups in total. The van der Waals surface area contributed by atoms with E-state index in [4.69, 9.17) is 9.47 Å². The van der Waals surface area contributed by atoms with Crippen LogP contribution in [0.5, 0.6) is 0 Å². The molecule has 2 unspecified atom stereocenters. The molecule has 2 aliphatic heterocycles. The van der Waals surface area contributed by atoms with Crippen molar-refractivity contribution in [3.8, 4) is 11.1 Å². The predicted octanol–water partition coefficient (Wildman–Crippen LogP) is 5.70. The third-order valence-corrected chi connectivity index (χ3v) is 9.61. The Bertz CT molecular complexity index is 1640. The third-order valence-electron chi connectivity index (χ3n) is 8.47. The molecule has 3 amide bonds. The van der Waals surface area contributed by atoms with Gasteiger partial charge in [0.05, 0.1) is 59.1 Å². The molecule has 0 spiro atoms. The number of carbonyl (C=O) groups is 3. The van der Waals surface area contributed by atoms with Crippen LogP contribution in [0.25, 0.3) is 21.3 Å². The Labute approximate surface area is 256 Å². The minimum absolute atomic E-state index is 0.0886. The van der Waals surface area contributed by atoms with E-state index in [-0.39, 0.29) is 60.7 Å². The van der Waals surface area contributed by atoms with E-state index in [1.807, 2.05) is 13.8 Å². The van der Waals surface area contributed by atoms with Gasteiger partial charge in [-0.05, 0) is 44.4 Å². The van der Waals surface area contributed by atoms with Crippen molar-refractivity contribution in [3.05, 3.63) is 46.7 Å². The first kappa shape index (κ1) is 30.4. The highest BCUT2D eigenvalue weighted by atomic mass is 32.1.